The van der Waals surface area contributed by atoms with Gasteiger partial charge in [0.2, 0.25) is 10.0 Å². The number of hydrazine groups is 1. The van der Waals surface area contributed by atoms with Gasteiger partial charge in [-0.05, 0) is 102 Å². The van der Waals surface area contributed by atoms with Crippen molar-refractivity contribution >= 4 is 20.9 Å². The van der Waals surface area contributed by atoms with Crippen LogP contribution in [0.4, 0.5) is 0 Å². The van der Waals surface area contributed by atoms with E-state index in [0.29, 0.717) is 12.1 Å². The molecule has 10 nitrogen and oxygen atoms in total. The average molecular weight is 557 g/mol. The lowest BCUT2D eigenvalue weighted by Crippen LogP contribution is -2.43. The number of sulfonamides is 1. The Morgan fingerprint density at radius 2 is 1.87 bits per heavy atom. The van der Waals surface area contributed by atoms with Crippen molar-refractivity contribution in [2.24, 2.45) is 11.8 Å². The van der Waals surface area contributed by atoms with Gasteiger partial charge in [0.25, 0.3) is 5.56 Å². The fourth-order valence-electron chi connectivity index (χ4n) is 5.65. The van der Waals surface area contributed by atoms with E-state index < -0.39 is 21.1 Å². The van der Waals surface area contributed by atoms with Crippen LogP contribution in [0, 0.1) is 5.92 Å². The van der Waals surface area contributed by atoms with Crippen LogP contribution < -0.4 is 21.8 Å². The van der Waals surface area contributed by atoms with Crippen LogP contribution in [0.25, 0.3) is 10.9 Å². The van der Waals surface area contributed by atoms with Crippen LogP contribution in [0.2, 0.25) is 0 Å². The molecule has 1 saturated carbocycles. The summed E-state index contributed by atoms with van der Waals surface area (Å²) in [6, 6.07) is 4.55. The van der Waals surface area contributed by atoms with Gasteiger partial charge in [-0.1, -0.05) is 12.2 Å². The zero-order valence-corrected chi connectivity index (χ0v) is 24.0. The number of nitrogens with two attached hydrogens (primary N) is 1. The SMILES string of the molecule is CN1CCC(Cn2c(=O)n(CC3=C(N(C)N)CCCC=C3)c(=O)c3cc(S(=O)(=O)NC4(C)CC4)ccc32)CC1. The van der Waals surface area contributed by atoms with Gasteiger partial charge in [0.05, 0.1) is 22.3 Å². The lowest BCUT2D eigenvalue weighted by Gasteiger charge is -2.29. The standard InChI is InChI=1S/C28H40N6O4S/c1-28(13-14-28)30-39(37,38)22-9-10-25-23(17-22)26(35)34(19-21-7-5-4-6-8-24(21)32(3)29)27(36)33(25)18-20-11-15-31(2)16-12-20/h5,7,9-10,17,20,30H,4,6,8,11-16,18-19,29H2,1-3H3. The molecule has 0 atom stereocenters. The second-order valence-electron chi connectivity index (χ2n) is 11.8. The minimum absolute atomic E-state index is 0.0345. The van der Waals surface area contributed by atoms with Crippen molar-refractivity contribution in [1.82, 2.24) is 23.8 Å². The molecule has 212 valence electrons. The summed E-state index contributed by atoms with van der Waals surface area (Å²) in [4.78, 5) is 30.1. The second-order valence-corrected chi connectivity index (χ2v) is 13.4. The van der Waals surface area contributed by atoms with Gasteiger partial charge in [0.15, 0.2) is 0 Å². The smallest absolute Gasteiger partial charge is 0.318 e. The summed E-state index contributed by atoms with van der Waals surface area (Å²) in [5.41, 5.74) is 0.856. The third-order valence-electron chi connectivity index (χ3n) is 8.39. The highest BCUT2D eigenvalue weighted by Crippen LogP contribution is 2.36. The van der Waals surface area contributed by atoms with Crippen molar-refractivity contribution in [1.29, 1.82) is 0 Å². The normalized spacial score (nSPS) is 20.4. The molecule has 1 aromatic carbocycles. The molecule has 0 bridgehead atoms. The number of hydrogen-bond donors (Lipinski definition) is 2. The average Bonchev–Trinajstić information content (AvgIpc) is 3.66. The number of hydrogen-bond acceptors (Lipinski definition) is 7. The van der Waals surface area contributed by atoms with E-state index in [-0.39, 0.29) is 28.4 Å². The molecular formula is C28H40N6O4S. The molecular weight excluding hydrogens is 516 g/mol. The number of benzene rings is 1. The van der Waals surface area contributed by atoms with Crippen molar-refractivity contribution in [2.45, 2.75) is 75.4 Å². The van der Waals surface area contributed by atoms with Gasteiger partial charge in [-0.2, -0.15) is 0 Å². The fraction of sp³-hybridized carbons (Fsp3) is 0.571. The summed E-state index contributed by atoms with van der Waals surface area (Å²) in [5.74, 6) is 6.42. The summed E-state index contributed by atoms with van der Waals surface area (Å²) < 4.78 is 32.0. The molecule has 5 rings (SSSR count). The number of likely N-dealkylation sites (tertiary alicyclic amines) is 1. The maximum absolute atomic E-state index is 13.9. The van der Waals surface area contributed by atoms with Crippen molar-refractivity contribution in [3.63, 3.8) is 0 Å². The quantitative estimate of drug-likeness (QED) is 0.377. The first-order chi connectivity index (χ1) is 18.5. The Hall–Kier alpha value is -2.73. The third kappa shape index (κ3) is 5.91. The van der Waals surface area contributed by atoms with E-state index in [4.69, 9.17) is 5.84 Å². The van der Waals surface area contributed by atoms with Crippen LogP contribution in [0.1, 0.15) is 51.9 Å². The molecule has 2 aliphatic carbocycles. The fourth-order valence-corrected chi connectivity index (χ4v) is 7.14. The van der Waals surface area contributed by atoms with Gasteiger partial charge in [-0.25, -0.2) is 23.8 Å². The highest BCUT2D eigenvalue weighted by atomic mass is 32.2. The maximum Gasteiger partial charge on any atom is 0.331 e. The van der Waals surface area contributed by atoms with Gasteiger partial charge in [-0.15, -0.1) is 0 Å². The molecule has 0 amide bonds. The second kappa shape index (κ2) is 10.7. The molecule has 3 N–H and O–H groups in total. The number of aromatic nitrogens is 2. The Bertz CT molecular complexity index is 1540. The molecule has 2 heterocycles. The lowest BCUT2D eigenvalue weighted by molar-refractivity contribution is 0.204. The molecule has 0 spiro atoms. The van der Waals surface area contributed by atoms with E-state index in [1.165, 1.54) is 16.7 Å². The van der Waals surface area contributed by atoms with Crippen LogP contribution in [-0.4, -0.2) is 60.2 Å². The van der Waals surface area contributed by atoms with Crippen molar-refractivity contribution in [3.05, 3.63) is 62.5 Å². The van der Waals surface area contributed by atoms with Crippen molar-refractivity contribution in [2.75, 3.05) is 27.2 Å². The van der Waals surface area contributed by atoms with Gasteiger partial charge in [0.1, 0.15) is 0 Å². The van der Waals surface area contributed by atoms with Crippen LogP contribution in [-0.2, 0) is 23.1 Å². The Morgan fingerprint density at radius 1 is 1.15 bits per heavy atom. The molecule has 1 aromatic heterocycles. The molecule has 2 aromatic rings. The maximum atomic E-state index is 13.9. The summed E-state index contributed by atoms with van der Waals surface area (Å²) in [6.07, 6.45) is 10.0. The monoisotopic (exact) mass is 556 g/mol. The Balaban J connectivity index is 1.65. The molecule has 1 saturated heterocycles. The number of nitrogens with zero attached hydrogens (tertiary/aromatic N) is 4. The topological polar surface area (TPSA) is 123 Å². The summed E-state index contributed by atoms with van der Waals surface area (Å²) in [5, 5.41) is 1.79. The van der Waals surface area contributed by atoms with Crippen LogP contribution >= 0.6 is 0 Å². The Kier molecular flexibility index (Phi) is 7.62. The summed E-state index contributed by atoms with van der Waals surface area (Å²) >= 11 is 0. The first kappa shape index (κ1) is 27.8. The zero-order valence-electron chi connectivity index (χ0n) is 23.1. The Morgan fingerprint density at radius 3 is 2.54 bits per heavy atom. The van der Waals surface area contributed by atoms with Gasteiger partial charge < -0.3 is 9.91 Å². The molecule has 11 heteroatoms. The lowest BCUT2D eigenvalue weighted by atomic mass is 9.97. The van der Waals surface area contributed by atoms with Crippen LogP contribution in [0.15, 0.2) is 56.1 Å². The third-order valence-corrected chi connectivity index (χ3v) is 10.0. The van der Waals surface area contributed by atoms with Crippen molar-refractivity contribution < 1.29 is 8.42 Å². The number of allylic oxidation sites excluding steroid dienone is 4. The van der Waals surface area contributed by atoms with Gasteiger partial charge in [0, 0.05) is 24.8 Å². The molecule has 39 heavy (non-hydrogen) atoms. The number of piperidine rings is 1. The number of rotatable bonds is 8. The van der Waals surface area contributed by atoms with E-state index in [9.17, 15) is 18.0 Å². The van der Waals surface area contributed by atoms with Gasteiger partial charge in [-0.3, -0.25) is 13.9 Å². The van der Waals surface area contributed by atoms with E-state index in [1.54, 1.807) is 22.7 Å². The van der Waals surface area contributed by atoms with Crippen molar-refractivity contribution in [3.8, 4) is 0 Å². The minimum Gasteiger partial charge on any atom is -0.318 e. The van der Waals surface area contributed by atoms with Crippen LogP contribution in [0.5, 0.6) is 0 Å². The predicted octanol–water partition coefficient (Wildman–Crippen LogP) is 2.14. The van der Waals surface area contributed by atoms with E-state index in [0.717, 1.165) is 69.3 Å². The molecule has 0 unspecified atom stereocenters. The molecule has 2 fully saturated rings. The van der Waals surface area contributed by atoms with E-state index in [1.807, 2.05) is 19.1 Å². The van der Waals surface area contributed by atoms with Crippen LogP contribution in [0.3, 0.4) is 0 Å². The number of nitrogens with one attached hydrogen (secondary N) is 1. The number of fused-ring (bicyclic) bond motifs is 1. The molecule has 0 radical (unpaired) electrons. The van der Waals surface area contributed by atoms with E-state index in [2.05, 4.69) is 16.7 Å². The largest absolute Gasteiger partial charge is 0.331 e. The first-order valence-corrected chi connectivity index (χ1v) is 15.3. The predicted molar refractivity (Wildman–Crippen MR) is 153 cm³/mol. The highest BCUT2D eigenvalue weighted by molar-refractivity contribution is 7.89. The highest BCUT2D eigenvalue weighted by Gasteiger charge is 2.41. The summed E-state index contributed by atoms with van der Waals surface area (Å²) in [7, 11) is 0.0381. The first-order valence-electron chi connectivity index (χ1n) is 13.8. The minimum atomic E-state index is -3.82. The van der Waals surface area contributed by atoms with E-state index >= 15 is 0 Å². The summed E-state index contributed by atoms with van der Waals surface area (Å²) in [6.45, 7) is 4.32. The Labute approximate surface area is 229 Å². The molecule has 1 aliphatic heterocycles. The van der Waals surface area contributed by atoms with Gasteiger partial charge >= 0.3 is 5.69 Å². The molecule has 3 aliphatic rings. The zero-order chi connectivity index (χ0) is 27.9.